The van der Waals surface area contributed by atoms with Crippen LogP contribution in [-0.4, -0.2) is 60.4 Å². The third-order valence-corrected chi connectivity index (χ3v) is 5.00. The number of benzene rings is 1. The fourth-order valence-electron chi connectivity index (χ4n) is 3.53. The minimum atomic E-state index is -0.743. The number of hydrogen-bond donors (Lipinski definition) is 1. The van der Waals surface area contributed by atoms with E-state index in [0.29, 0.717) is 26.1 Å². The van der Waals surface area contributed by atoms with Gasteiger partial charge < -0.3 is 15.0 Å². The van der Waals surface area contributed by atoms with Crippen molar-refractivity contribution in [1.29, 1.82) is 0 Å². The van der Waals surface area contributed by atoms with E-state index in [4.69, 9.17) is 4.74 Å². The van der Waals surface area contributed by atoms with E-state index < -0.39 is 12.1 Å². The molecule has 0 spiro atoms. The number of nitrogens with one attached hydrogen (secondary N) is 1. The third-order valence-electron chi connectivity index (χ3n) is 5.00. The molecule has 2 heterocycles. The molecule has 1 fully saturated rings. The maximum atomic E-state index is 12.7. The van der Waals surface area contributed by atoms with Crippen LogP contribution in [0.25, 0.3) is 0 Å². The Morgan fingerprint density at radius 1 is 1.23 bits per heavy atom. The Balaban J connectivity index is 1.61. The highest BCUT2D eigenvalue weighted by Crippen LogP contribution is 2.22. The first-order valence-electron chi connectivity index (χ1n) is 9.09. The summed E-state index contributed by atoms with van der Waals surface area (Å²) in [5.74, 6) is 0.425. The highest BCUT2D eigenvalue weighted by atomic mass is 16.5. The van der Waals surface area contributed by atoms with Crippen LogP contribution in [0, 0.1) is 0 Å². The molecule has 7 nitrogen and oxygen atoms in total. The molecular formula is C19H25N3O4. The summed E-state index contributed by atoms with van der Waals surface area (Å²) in [6.45, 7) is 3.51. The van der Waals surface area contributed by atoms with E-state index in [2.05, 4.69) is 5.32 Å². The number of imide groups is 1. The highest BCUT2D eigenvalue weighted by Gasteiger charge is 2.39. The van der Waals surface area contributed by atoms with E-state index >= 15 is 0 Å². The number of nitrogens with zero attached hydrogens (tertiary/aromatic N) is 2. The van der Waals surface area contributed by atoms with Gasteiger partial charge in [-0.3, -0.25) is 14.5 Å². The smallest absolute Gasteiger partial charge is 0.324 e. The van der Waals surface area contributed by atoms with E-state index in [9.17, 15) is 14.4 Å². The average Bonchev–Trinajstić information content (AvgIpc) is 2.81. The van der Waals surface area contributed by atoms with Gasteiger partial charge in [0.05, 0.1) is 13.5 Å². The molecule has 2 aliphatic rings. The molecule has 1 aromatic carbocycles. The van der Waals surface area contributed by atoms with Crippen molar-refractivity contribution in [2.45, 2.75) is 38.6 Å². The van der Waals surface area contributed by atoms with Crippen LogP contribution in [0.4, 0.5) is 4.79 Å². The number of carbonyl (C=O) groups is 3. The lowest BCUT2D eigenvalue weighted by atomic mass is 10.0. The van der Waals surface area contributed by atoms with E-state index in [1.807, 2.05) is 25.1 Å². The molecule has 140 valence electrons. The Morgan fingerprint density at radius 3 is 2.65 bits per heavy atom. The Morgan fingerprint density at radius 2 is 1.96 bits per heavy atom. The van der Waals surface area contributed by atoms with E-state index in [0.717, 1.165) is 18.6 Å². The van der Waals surface area contributed by atoms with Crippen molar-refractivity contribution < 1.29 is 19.1 Å². The lowest BCUT2D eigenvalue weighted by Gasteiger charge is -2.21. The summed E-state index contributed by atoms with van der Waals surface area (Å²) >= 11 is 0. The van der Waals surface area contributed by atoms with Crippen LogP contribution < -0.4 is 10.1 Å². The van der Waals surface area contributed by atoms with Crippen LogP contribution in [0.1, 0.15) is 30.9 Å². The molecule has 0 aromatic heterocycles. The van der Waals surface area contributed by atoms with Gasteiger partial charge in [-0.1, -0.05) is 13.0 Å². The molecule has 1 aromatic rings. The molecule has 0 aliphatic carbocycles. The van der Waals surface area contributed by atoms with Crippen LogP contribution >= 0.6 is 0 Å². The first-order valence-corrected chi connectivity index (χ1v) is 9.09. The molecule has 4 amide bonds. The molecule has 1 saturated heterocycles. The summed E-state index contributed by atoms with van der Waals surface area (Å²) in [5, 5.41) is 2.63. The predicted molar refractivity (Wildman–Crippen MR) is 95.9 cm³/mol. The van der Waals surface area contributed by atoms with E-state index in [-0.39, 0.29) is 18.2 Å². The Hall–Kier alpha value is -2.57. The number of methoxy groups -OCH3 is 1. The maximum absolute atomic E-state index is 12.7. The second-order valence-electron chi connectivity index (χ2n) is 6.71. The maximum Gasteiger partial charge on any atom is 0.324 e. The van der Waals surface area contributed by atoms with Crippen molar-refractivity contribution in [2.75, 3.05) is 26.7 Å². The lowest BCUT2D eigenvalue weighted by Crippen LogP contribution is -2.40. The number of ether oxygens (including phenoxy) is 1. The fraction of sp³-hybridized carbons (Fsp3) is 0.526. The minimum Gasteiger partial charge on any atom is -0.497 e. The van der Waals surface area contributed by atoms with Crippen molar-refractivity contribution in [3.63, 3.8) is 0 Å². The summed E-state index contributed by atoms with van der Waals surface area (Å²) in [4.78, 5) is 39.8. The normalized spacial score (nSPS) is 19.8. The molecule has 7 heteroatoms. The number of carbonyl (C=O) groups excluding carboxylic acids is 3. The second kappa shape index (κ2) is 7.76. The monoisotopic (exact) mass is 359 g/mol. The van der Waals surface area contributed by atoms with E-state index in [1.54, 1.807) is 12.0 Å². The summed E-state index contributed by atoms with van der Waals surface area (Å²) in [6.07, 6.45) is 2.25. The summed E-state index contributed by atoms with van der Waals surface area (Å²) in [5.41, 5.74) is 2.42. The van der Waals surface area contributed by atoms with Crippen molar-refractivity contribution in [3.05, 3.63) is 29.3 Å². The van der Waals surface area contributed by atoms with Gasteiger partial charge >= 0.3 is 6.03 Å². The summed E-state index contributed by atoms with van der Waals surface area (Å²) < 4.78 is 5.27. The topological polar surface area (TPSA) is 79.0 Å². The molecule has 0 bridgehead atoms. The van der Waals surface area contributed by atoms with Gasteiger partial charge in [0.15, 0.2) is 0 Å². The molecule has 1 N–H and O–H groups in total. The highest BCUT2D eigenvalue weighted by molar-refractivity contribution is 6.05. The standard InChI is InChI=1S/C19H25N3O4/c1-3-8-22-18(24)16(20-19(22)25)12-17(23)21-9-6-13-4-5-15(26-2)11-14(13)7-10-21/h4-5,11,16H,3,6-10,12H2,1-2H3,(H,20,25)/t16-/m0/s1. The summed E-state index contributed by atoms with van der Waals surface area (Å²) in [6, 6.07) is 4.86. The number of rotatable bonds is 5. The third kappa shape index (κ3) is 3.66. The van der Waals surface area contributed by atoms with Crippen LogP contribution in [0.5, 0.6) is 5.75 Å². The zero-order valence-electron chi connectivity index (χ0n) is 15.3. The molecule has 0 unspecified atom stereocenters. The van der Waals surface area contributed by atoms with Gasteiger partial charge in [-0.15, -0.1) is 0 Å². The van der Waals surface area contributed by atoms with E-state index in [1.165, 1.54) is 16.0 Å². The second-order valence-corrected chi connectivity index (χ2v) is 6.71. The molecule has 26 heavy (non-hydrogen) atoms. The van der Waals surface area contributed by atoms with Gasteiger partial charge in [-0.05, 0) is 42.5 Å². The quantitative estimate of drug-likeness (QED) is 0.805. The molecule has 1 atom stereocenters. The van der Waals surface area contributed by atoms with Gasteiger partial charge in [0.25, 0.3) is 5.91 Å². The van der Waals surface area contributed by atoms with Crippen LogP contribution in [0.15, 0.2) is 18.2 Å². The minimum absolute atomic E-state index is 0.0183. The number of hydrogen-bond acceptors (Lipinski definition) is 4. The number of urea groups is 1. The molecule has 0 radical (unpaired) electrons. The molecule has 3 rings (SSSR count). The first kappa shape index (κ1) is 18.2. The number of fused-ring (bicyclic) bond motifs is 1. The zero-order chi connectivity index (χ0) is 18.7. The lowest BCUT2D eigenvalue weighted by molar-refractivity contribution is -0.135. The first-order chi connectivity index (χ1) is 12.5. The van der Waals surface area contributed by atoms with Gasteiger partial charge in [-0.25, -0.2) is 4.79 Å². The largest absolute Gasteiger partial charge is 0.497 e. The van der Waals surface area contributed by atoms with Crippen molar-refractivity contribution in [1.82, 2.24) is 15.1 Å². The van der Waals surface area contributed by atoms with Crippen molar-refractivity contribution in [3.8, 4) is 5.75 Å². The molecule has 2 aliphatic heterocycles. The van der Waals surface area contributed by atoms with Gasteiger partial charge in [0.1, 0.15) is 11.8 Å². The Kier molecular flexibility index (Phi) is 5.44. The SMILES string of the molecule is CCCN1C(=O)N[C@@H](CC(=O)N2CCc3ccc(OC)cc3CC2)C1=O. The van der Waals surface area contributed by atoms with Crippen LogP contribution in [0.2, 0.25) is 0 Å². The zero-order valence-corrected chi connectivity index (χ0v) is 15.3. The molecule has 0 saturated carbocycles. The Labute approximate surface area is 153 Å². The van der Waals surface area contributed by atoms with Crippen LogP contribution in [0.3, 0.4) is 0 Å². The molecular weight excluding hydrogens is 334 g/mol. The van der Waals surface area contributed by atoms with Gasteiger partial charge in [0, 0.05) is 19.6 Å². The van der Waals surface area contributed by atoms with Crippen molar-refractivity contribution >= 4 is 17.8 Å². The number of amides is 4. The fourth-order valence-corrected chi connectivity index (χ4v) is 3.53. The predicted octanol–water partition coefficient (Wildman–Crippen LogP) is 1.34. The van der Waals surface area contributed by atoms with Gasteiger partial charge in [-0.2, -0.15) is 0 Å². The van der Waals surface area contributed by atoms with Crippen LogP contribution in [-0.2, 0) is 22.4 Å². The van der Waals surface area contributed by atoms with Crippen molar-refractivity contribution in [2.24, 2.45) is 0 Å². The van der Waals surface area contributed by atoms with Gasteiger partial charge in [0.2, 0.25) is 5.91 Å². The average molecular weight is 359 g/mol. The Bertz CT molecular complexity index is 719. The summed E-state index contributed by atoms with van der Waals surface area (Å²) in [7, 11) is 1.64.